The second-order valence-corrected chi connectivity index (χ2v) is 7.76. The van der Waals surface area contributed by atoms with Crippen LogP contribution in [-0.4, -0.2) is 87.3 Å². The number of anilines is 1. The van der Waals surface area contributed by atoms with Gasteiger partial charge in [0.1, 0.15) is 30.9 Å². The van der Waals surface area contributed by atoms with E-state index in [-0.39, 0.29) is 18.3 Å². The zero-order valence-corrected chi connectivity index (χ0v) is 18.0. The van der Waals surface area contributed by atoms with Crippen molar-refractivity contribution in [1.82, 2.24) is 14.5 Å². The minimum Gasteiger partial charge on any atom is -0.434 e. The molecule has 1 saturated heterocycles. The Balaban J connectivity index is 1.40. The molecule has 4 N–H and O–H groups in total. The quantitative estimate of drug-likeness (QED) is 0.313. The van der Waals surface area contributed by atoms with Gasteiger partial charge in [-0.05, 0) is 31.4 Å². The van der Waals surface area contributed by atoms with Gasteiger partial charge in [-0.3, -0.25) is 9.36 Å². The number of carbonyl (C=O) groups excluding carboxylic acids is 2. The molecule has 14 heteroatoms. The summed E-state index contributed by atoms with van der Waals surface area (Å²) in [5, 5.41) is 19.5. The van der Waals surface area contributed by atoms with Crippen molar-refractivity contribution in [3.63, 3.8) is 0 Å². The molecule has 6 atom stereocenters. The van der Waals surface area contributed by atoms with Crippen LogP contribution in [0.25, 0.3) is 0 Å². The predicted octanol–water partition coefficient (Wildman–Crippen LogP) is -0.200. The first-order valence-electron chi connectivity index (χ1n) is 10.6. The fourth-order valence-electron chi connectivity index (χ4n) is 3.51. The Morgan fingerprint density at radius 2 is 1.94 bits per heavy atom. The Kier molecular flexibility index (Phi) is 8.52. The number of amides is 1. The lowest BCUT2D eigenvalue weighted by Gasteiger charge is -2.38. The summed E-state index contributed by atoms with van der Waals surface area (Å²) in [5.74, 6) is -0.389. The first-order valence-corrected chi connectivity index (χ1v) is 10.6. The third-order valence-electron chi connectivity index (χ3n) is 5.37. The highest BCUT2D eigenvalue weighted by molar-refractivity contribution is 5.90. The van der Waals surface area contributed by atoms with Crippen molar-refractivity contribution in [2.24, 2.45) is 0 Å². The van der Waals surface area contributed by atoms with Crippen LogP contribution in [0.1, 0.15) is 25.5 Å². The van der Waals surface area contributed by atoms with Crippen LogP contribution < -0.4 is 11.4 Å². The smallest absolute Gasteiger partial charge is 0.434 e. The van der Waals surface area contributed by atoms with Gasteiger partial charge in [-0.1, -0.05) is 0 Å². The molecule has 188 valence electrons. The van der Waals surface area contributed by atoms with Gasteiger partial charge in [0.25, 0.3) is 0 Å². The van der Waals surface area contributed by atoms with Crippen LogP contribution in [0, 0.1) is 0 Å². The number of aliphatic hydroxyl groups is 2. The second kappa shape index (κ2) is 11.4. The molecule has 3 heterocycles. The number of halogens is 2. The second-order valence-electron chi connectivity index (χ2n) is 7.76. The molecule has 0 bridgehead atoms. The normalized spacial score (nSPS) is 28.8. The standard InChI is InChI=1S/C20H26F2N4O8/c21-15-16(22)18(26-8-6-12(23)24-19(26)30)34-11(17(15)29)10-33-20(31)32-9-3-1-2-7-25-13(27)4-5-14(25)28/h4-6,8,11,13,15-18,27,29H,1-3,7,9-10H2,(H2,23,24,30)/t11-,13?,15-,16?,17-,18-/m1/s1. The highest BCUT2D eigenvalue weighted by Crippen LogP contribution is 2.31. The Morgan fingerprint density at radius 1 is 1.18 bits per heavy atom. The molecule has 12 nitrogen and oxygen atoms in total. The molecule has 2 aliphatic rings. The summed E-state index contributed by atoms with van der Waals surface area (Å²) in [6.07, 6.45) is -6.61. The molecule has 0 aromatic carbocycles. The van der Waals surface area contributed by atoms with Gasteiger partial charge in [0.05, 0.1) is 6.61 Å². The van der Waals surface area contributed by atoms with Gasteiger partial charge in [-0.25, -0.2) is 18.4 Å². The number of rotatable bonds is 9. The monoisotopic (exact) mass is 488 g/mol. The zero-order chi connectivity index (χ0) is 24.8. The first-order chi connectivity index (χ1) is 16.2. The van der Waals surface area contributed by atoms with Crippen molar-refractivity contribution >= 4 is 17.9 Å². The first kappa shape index (κ1) is 25.5. The van der Waals surface area contributed by atoms with E-state index in [4.69, 9.17) is 19.9 Å². The average molecular weight is 488 g/mol. The van der Waals surface area contributed by atoms with Crippen molar-refractivity contribution < 1.29 is 42.8 Å². The van der Waals surface area contributed by atoms with E-state index in [2.05, 4.69) is 4.98 Å². The van der Waals surface area contributed by atoms with E-state index in [0.717, 1.165) is 6.20 Å². The number of hydrogen-bond acceptors (Lipinski definition) is 10. The highest BCUT2D eigenvalue weighted by Gasteiger charge is 2.47. The molecule has 1 aromatic rings. The number of unbranched alkanes of at least 4 members (excludes halogenated alkanes) is 2. The summed E-state index contributed by atoms with van der Waals surface area (Å²) < 4.78 is 44.4. The molecule has 1 fully saturated rings. The largest absolute Gasteiger partial charge is 0.508 e. The fraction of sp³-hybridized carbons (Fsp3) is 0.600. The van der Waals surface area contributed by atoms with Crippen LogP contribution in [0.4, 0.5) is 19.4 Å². The van der Waals surface area contributed by atoms with E-state index in [1.54, 1.807) is 0 Å². The van der Waals surface area contributed by atoms with Gasteiger partial charge in [0.15, 0.2) is 18.6 Å². The number of aliphatic hydroxyl groups excluding tert-OH is 2. The van der Waals surface area contributed by atoms with Gasteiger partial charge in [-0.2, -0.15) is 4.98 Å². The molecule has 2 aliphatic heterocycles. The van der Waals surface area contributed by atoms with Gasteiger partial charge in [-0.15, -0.1) is 0 Å². The van der Waals surface area contributed by atoms with Gasteiger partial charge in [0.2, 0.25) is 5.91 Å². The number of nitrogen functional groups attached to an aromatic ring is 1. The molecule has 0 spiro atoms. The zero-order valence-electron chi connectivity index (χ0n) is 18.0. The van der Waals surface area contributed by atoms with E-state index in [0.29, 0.717) is 30.4 Å². The van der Waals surface area contributed by atoms with Gasteiger partial charge < -0.3 is 35.1 Å². The summed E-state index contributed by atoms with van der Waals surface area (Å²) in [5.41, 5.74) is 4.41. The Labute approximate surface area is 192 Å². The van der Waals surface area contributed by atoms with Crippen LogP contribution in [-0.2, 0) is 19.0 Å². The number of aromatic nitrogens is 2. The summed E-state index contributed by atoms with van der Waals surface area (Å²) in [7, 11) is 0. The molecule has 34 heavy (non-hydrogen) atoms. The molecular weight excluding hydrogens is 462 g/mol. The number of nitrogens with two attached hydrogens (primary N) is 1. The number of carbonyl (C=O) groups is 2. The number of alkyl halides is 2. The minimum atomic E-state index is -2.41. The Hall–Kier alpha value is -3.10. The maximum Gasteiger partial charge on any atom is 0.508 e. The fourth-order valence-corrected chi connectivity index (χ4v) is 3.51. The highest BCUT2D eigenvalue weighted by atomic mass is 19.2. The molecule has 2 unspecified atom stereocenters. The lowest BCUT2D eigenvalue weighted by Crippen LogP contribution is -2.55. The summed E-state index contributed by atoms with van der Waals surface area (Å²) >= 11 is 0. The molecule has 0 aliphatic carbocycles. The predicted molar refractivity (Wildman–Crippen MR) is 111 cm³/mol. The summed E-state index contributed by atoms with van der Waals surface area (Å²) in [4.78, 5) is 39.9. The van der Waals surface area contributed by atoms with Crippen LogP contribution in [0.3, 0.4) is 0 Å². The SMILES string of the molecule is Nc1ccn([C@@H]2O[C@H](COC(=O)OCCCCCN3C(=O)C=CC3O)[C@@H](O)[C@H](F)C2F)c(=O)n1. The van der Waals surface area contributed by atoms with Crippen molar-refractivity contribution in [3.8, 4) is 0 Å². The Morgan fingerprint density at radius 3 is 2.62 bits per heavy atom. The average Bonchev–Trinajstić information content (AvgIpc) is 3.12. The van der Waals surface area contributed by atoms with Crippen molar-refractivity contribution in [2.45, 2.75) is 56.3 Å². The molecule has 1 aromatic heterocycles. The Bertz CT molecular complexity index is 961. The van der Waals surface area contributed by atoms with E-state index in [9.17, 15) is 33.4 Å². The molecule has 0 saturated carbocycles. The van der Waals surface area contributed by atoms with E-state index >= 15 is 0 Å². The van der Waals surface area contributed by atoms with Crippen LogP contribution in [0.5, 0.6) is 0 Å². The lowest BCUT2D eigenvalue weighted by atomic mass is 10.0. The summed E-state index contributed by atoms with van der Waals surface area (Å²) in [6, 6.07) is 1.20. The van der Waals surface area contributed by atoms with Gasteiger partial charge in [0, 0.05) is 18.8 Å². The third kappa shape index (κ3) is 6.07. The number of ether oxygens (including phenoxy) is 3. The molecule has 1 amide bonds. The molecular formula is C20H26F2N4O8. The molecule has 3 rings (SSSR count). The minimum absolute atomic E-state index is 0.00488. The summed E-state index contributed by atoms with van der Waals surface area (Å²) in [6.45, 7) is -0.306. The lowest BCUT2D eigenvalue weighted by molar-refractivity contribution is -0.221. The maximum absolute atomic E-state index is 14.4. The van der Waals surface area contributed by atoms with Crippen molar-refractivity contribution in [1.29, 1.82) is 0 Å². The van der Waals surface area contributed by atoms with E-state index < -0.39 is 55.5 Å². The number of nitrogens with zero attached hydrogens (tertiary/aromatic N) is 3. The topological polar surface area (TPSA) is 166 Å². The van der Waals surface area contributed by atoms with E-state index in [1.165, 1.54) is 23.1 Å². The van der Waals surface area contributed by atoms with Gasteiger partial charge >= 0.3 is 11.8 Å². The van der Waals surface area contributed by atoms with Crippen molar-refractivity contribution in [2.75, 3.05) is 25.5 Å². The third-order valence-corrected chi connectivity index (χ3v) is 5.37. The number of hydrogen-bond donors (Lipinski definition) is 3. The maximum atomic E-state index is 14.4. The van der Waals surface area contributed by atoms with Crippen LogP contribution in [0.15, 0.2) is 29.2 Å². The van der Waals surface area contributed by atoms with Crippen LogP contribution >= 0.6 is 0 Å². The van der Waals surface area contributed by atoms with E-state index in [1.807, 2.05) is 0 Å². The van der Waals surface area contributed by atoms with Crippen LogP contribution in [0.2, 0.25) is 0 Å². The molecule has 0 radical (unpaired) electrons. The van der Waals surface area contributed by atoms with Crippen molar-refractivity contribution in [3.05, 3.63) is 34.9 Å².